The second-order valence-corrected chi connectivity index (χ2v) is 3.49. The van der Waals surface area contributed by atoms with Crippen LogP contribution in [0.2, 0.25) is 0 Å². The van der Waals surface area contributed by atoms with Crippen LogP contribution in [0.3, 0.4) is 0 Å². The molecule has 0 bridgehead atoms. The van der Waals surface area contributed by atoms with Crippen molar-refractivity contribution in [2.75, 3.05) is 0 Å². The Kier molecular flexibility index (Phi) is 3.57. The van der Waals surface area contributed by atoms with Crippen molar-refractivity contribution in [2.45, 2.75) is 0 Å². The van der Waals surface area contributed by atoms with E-state index in [1.54, 1.807) is 36.4 Å². The molecule has 0 radical (unpaired) electrons. The van der Waals surface area contributed by atoms with Crippen molar-refractivity contribution < 1.29 is 14.5 Å². The average molecular weight is 226 g/mol. The normalized spacial score (nSPS) is 9.71. The fourth-order valence-corrected chi connectivity index (χ4v) is 1.53. The van der Waals surface area contributed by atoms with Gasteiger partial charge in [0, 0.05) is 11.1 Å². The minimum atomic E-state index is -0.369. The van der Waals surface area contributed by atoms with Gasteiger partial charge in [0.05, 0.1) is 0 Å². The Morgan fingerprint density at radius 1 is 0.941 bits per heavy atom. The molecule has 0 amide bonds. The van der Waals surface area contributed by atoms with Crippen LogP contribution in [-0.2, 0) is 0 Å². The molecule has 0 saturated carbocycles. The van der Waals surface area contributed by atoms with E-state index in [9.17, 15) is 4.79 Å². The van der Waals surface area contributed by atoms with Gasteiger partial charge in [-0.25, -0.2) is 0 Å². The summed E-state index contributed by atoms with van der Waals surface area (Å²) in [5.41, 5.74) is 1.25. The summed E-state index contributed by atoms with van der Waals surface area (Å²) in [7, 11) is -0.369. The predicted octanol–water partition coefficient (Wildman–Crippen LogP) is 1.56. The van der Waals surface area contributed by atoms with Gasteiger partial charge >= 0.3 is 7.69 Å². The molecule has 0 atom stereocenters. The van der Waals surface area contributed by atoms with Crippen LogP contribution in [0.15, 0.2) is 54.6 Å². The topological polar surface area (TPSA) is 46.5 Å². The second-order valence-electron chi connectivity index (χ2n) is 3.49. The van der Waals surface area contributed by atoms with Gasteiger partial charge < -0.3 is 9.68 Å². The van der Waals surface area contributed by atoms with Gasteiger partial charge in [0.1, 0.15) is 5.75 Å². The van der Waals surface area contributed by atoms with E-state index >= 15 is 0 Å². The van der Waals surface area contributed by atoms with Crippen LogP contribution in [0.5, 0.6) is 5.75 Å². The van der Waals surface area contributed by atoms with Crippen molar-refractivity contribution in [3.8, 4) is 5.75 Å². The predicted molar refractivity (Wildman–Crippen MR) is 66.3 cm³/mol. The molecule has 1 N–H and O–H groups in total. The van der Waals surface area contributed by atoms with E-state index in [1.165, 1.54) is 0 Å². The van der Waals surface area contributed by atoms with Crippen LogP contribution in [0.1, 0.15) is 15.9 Å². The largest absolute Gasteiger partial charge is 0.539 e. The van der Waals surface area contributed by atoms with E-state index in [0.717, 1.165) is 0 Å². The van der Waals surface area contributed by atoms with Gasteiger partial charge in [-0.15, -0.1) is 0 Å². The van der Waals surface area contributed by atoms with Gasteiger partial charge in [-0.05, 0) is 24.3 Å². The molecule has 0 spiro atoms. The fourth-order valence-electron chi connectivity index (χ4n) is 1.53. The summed E-state index contributed by atoms with van der Waals surface area (Å²) in [6.45, 7) is 0. The number of benzene rings is 2. The van der Waals surface area contributed by atoms with Crippen LogP contribution in [0, 0.1) is 0 Å². The van der Waals surface area contributed by atoms with Crippen LogP contribution >= 0.6 is 0 Å². The lowest BCUT2D eigenvalue weighted by molar-refractivity contribution is 0.103. The molecule has 3 nitrogen and oxygen atoms in total. The summed E-state index contributed by atoms with van der Waals surface area (Å²) in [4.78, 5) is 12.0. The lowest BCUT2D eigenvalue weighted by Crippen LogP contribution is -2.02. The molecule has 17 heavy (non-hydrogen) atoms. The number of carbonyl (C=O) groups excluding carboxylic acids is 1. The summed E-state index contributed by atoms with van der Waals surface area (Å²) in [6.07, 6.45) is 0. The molecular weight excluding hydrogens is 215 g/mol. The number of hydrogen-bond acceptors (Lipinski definition) is 3. The molecule has 0 unspecified atom stereocenters. The molecule has 0 aliphatic rings. The first-order valence-corrected chi connectivity index (χ1v) is 5.25. The van der Waals surface area contributed by atoms with Crippen molar-refractivity contribution in [1.29, 1.82) is 0 Å². The first-order chi connectivity index (χ1) is 8.31. The average Bonchev–Trinajstić information content (AvgIpc) is 2.40. The van der Waals surface area contributed by atoms with Gasteiger partial charge in [0.25, 0.3) is 0 Å². The monoisotopic (exact) mass is 226 g/mol. The quantitative estimate of drug-likeness (QED) is 0.635. The van der Waals surface area contributed by atoms with Crippen LogP contribution in [0.25, 0.3) is 0 Å². The van der Waals surface area contributed by atoms with Crippen LogP contribution in [-0.4, -0.2) is 18.5 Å². The maximum absolute atomic E-state index is 12.0. The molecule has 4 heteroatoms. The highest BCUT2D eigenvalue weighted by Crippen LogP contribution is 2.14. The number of rotatable bonds is 4. The third kappa shape index (κ3) is 2.74. The molecule has 0 heterocycles. The second kappa shape index (κ2) is 5.32. The van der Waals surface area contributed by atoms with E-state index in [2.05, 4.69) is 0 Å². The Hall–Kier alpha value is -2.07. The van der Waals surface area contributed by atoms with Crippen molar-refractivity contribution in [3.63, 3.8) is 0 Å². The van der Waals surface area contributed by atoms with Crippen LogP contribution < -0.4 is 4.65 Å². The van der Waals surface area contributed by atoms with Crippen LogP contribution in [0.4, 0.5) is 0 Å². The maximum atomic E-state index is 12.0. The summed E-state index contributed by atoms with van der Waals surface area (Å²) in [5.74, 6) is 0.512. The minimum absolute atomic E-state index is 0.0267. The Labute approximate surface area is 100.0 Å². The van der Waals surface area contributed by atoms with E-state index in [0.29, 0.717) is 16.9 Å². The summed E-state index contributed by atoms with van der Waals surface area (Å²) in [6, 6.07) is 15.8. The van der Waals surface area contributed by atoms with Gasteiger partial charge in [-0.1, -0.05) is 30.3 Å². The molecule has 2 rings (SSSR count). The van der Waals surface area contributed by atoms with Crippen molar-refractivity contribution in [2.24, 2.45) is 0 Å². The van der Waals surface area contributed by atoms with E-state index in [4.69, 9.17) is 9.68 Å². The molecule has 84 valence electrons. The Bertz CT molecular complexity index is 494. The molecular formula is C13H11BO3. The Morgan fingerprint density at radius 2 is 1.53 bits per heavy atom. The highest BCUT2D eigenvalue weighted by molar-refractivity contribution is 6.17. The lowest BCUT2D eigenvalue weighted by atomic mass is 10.0. The molecule has 0 aliphatic heterocycles. The van der Waals surface area contributed by atoms with E-state index < -0.39 is 0 Å². The molecule has 0 fully saturated rings. The van der Waals surface area contributed by atoms with Crippen molar-refractivity contribution in [1.82, 2.24) is 0 Å². The number of carbonyl (C=O) groups is 1. The van der Waals surface area contributed by atoms with Gasteiger partial charge in [-0.3, -0.25) is 4.79 Å². The summed E-state index contributed by atoms with van der Waals surface area (Å²) >= 11 is 0. The summed E-state index contributed by atoms with van der Waals surface area (Å²) < 4.78 is 4.89. The van der Waals surface area contributed by atoms with E-state index in [-0.39, 0.29) is 13.5 Å². The van der Waals surface area contributed by atoms with Gasteiger partial charge in [0.15, 0.2) is 5.78 Å². The zero-order valence-corrected chi connectivity index (χ0v) is 9.17. The molecule has 0 saturated heterocycles. The molecule has 2 aromatic rings. The molecule has 0 aliphatic carbocycles. The van der Waals surface area contributed by atoms with E-state index in [1.807, 2.05) is 18.2 Å². The van der Waals surface area contributed by atoms with Gasteiger partial charge in [0.2, 0.25) is 0 Å². The number of hydrogen-bond donors (Lipinski definition) is 1. The van der Waals surface area contributed by atoms with Crippen molar-refractivity contribution >= 4 is 13.5 Å². The lowest BCUT2D eigenvalue weighted by Gasteiger charge is -2.04. The SMILES string of the molecule is O=C(c1ccccc1)c1ccc(OBO)cc1. The highest BCUT2D eigenvalue weighted by Gasteiger charge is 2.07. The summed E-state index contributed by atoms with van der Waals surface area (Å²) in [5, 5.41) is 8.59. The van der Waals surface area contributed by atoms with Gasteiger partial charge in [-0.2, -0.15) is 0 Å². The van der Waals surface area contributed by atoms with Crippen molar-refractivity contribution in [3.05, 3.63) is 65.7 Å². The zero-order chi connectivity index (χ0) is 12.1. The Morgan fingerprint density at radius 3 is 2.12 bits per heavy atom. The third-order valence-electron chi connectivity index (χ3n) is 2.38. The highest BCUT2D eigenvalue weighted by atomic mass is 16.5. The fraction of sp³-hybridized carbons (Fsp3) is 0. The maximum Gasteiger partial charge on any atom is 0.504 e. The third-order valence-corrected chi connectivity index (χ3v) is 2.38. The Balaban J connectivity index is 2.20. The molecule has 0 aromatic heterocycles. The first kappa shape index (κ1) is 11.4. The standard InChI is InChI=1S/C13H11BO3/c15-13(10-4-2-1-3-5-10)11-6-8-12(9-7-11)17-14-16/h1-9,14,16H. The minimum Gasteiger partial charge on any atom is -0.539 e. The smallest absolute Gasteiger partial charge is 0.504 e. The number of ketones is 1. The zero-order valence-electron chi connectivity index (χ0n) is 9.17. The first-order valence-electron chi connectivity index (χ1n) is 5.25. The molecule has 2 aromatic carbocycles.